The topological polar surface area (TPSA) is 40.5 Å². The molecule has 0 heterocycles. The molecule has 2 N–H and O–H groups in total. The fraction of sp³-hybridized carbons (Fsp3) is 0.172. The maximum absolute atomic E-state index is 10.4. The summed E-state index contributed by atoms with van der Waals surface area (Å²) in [7, 11) is 0. The van der Waals surface area contributed by atoms with E-state index in [9.17, 15) is 10.2 Å². The van der Waals surface area contributed by atoms with Gasteiger partial charge in [0.15, 0.2) is 0 Å². The Morgan fingerprint density at radius 2 is 0.968 bits per heavy atom. The summed E-state index contributed by atoms with van der Waals surface area (Å²) in [5, 5.41) is 25.3. The third-order valence-corrected chi connectivity index (χ3v) is 6.19. The minimum absolute atomic E-state index is 0.142. The lowest BCUT2D eigenvalue weighted by Crippen LogP contribution is -2.30. The highest BCUT2D eigenvalue weighted by molar-refractivity contribution is 5.94. The van der Waals surface area contributed by atoms with Crippen LogP contribution in [-0.2, 0) is 0 Å². The first kappa shape index (κ1) is 21.0. The summed E-state index contributed by atoms with van der Waals surface area (Å²) in [5.41, 5.74) is 3.19. The highest BCUT2D eigenvalue weighted by Gasteiger charge is 2.31. The quantitative estimate of drug-likeness (QED) is 0.351. The van der Waals surface area contributed by atoms with Crippen LogP contribution in [-0.4, -0.2) is 23.4 Å². The molecule has 0 atom stereocenters. The number of hydrogen-bond acceptors (Lipinski definition) is 2. The lowest BCUT2D eigenvalue weighted by atomic mass is 9.75. The number of aliphatic hydroxyl groups excluding tert-OH is 2. The van der Waals surface area contributed by atoms with Gasteiger partial charge in [-0.2, -0.15) is 0 Å². The average molecular weight is 409 g/mol. The Hall–Kier alpha value is -3.20. The van der Waals surface area contributed by atoms with Crippen molar-refractivity contribution in [3.05, 3.63) is 109 Å². The van der Waals surface area contributed by atoms with Crippen LogP contribution in [0.25, 0.3) is 32.7 Å². The Morgan fingerprint density at radius 1 is 0.581 bits per heavy atom. The van der Waals surface area contributed by atoms with Crippen molar-refractivity contribution in [1.82, 2.24) is 0 Å². The van der Waals surface area contributed by atoms with Crippen LogP contribution in [0.2, 0.25) is 0 Å². The zero-order valence-electron chi connectivity index (χ0n) is 17.7. The second-order valence-electron chi connectivity index (χ2n) is 8.43. The molecular formula is C29H28O2. The van der Waals surface area contributed by atoms with Crippen LogP contribution < -0.4 is 0 Å². The molecule has 0 unspecified atom stereocenters. The number of hydrogen-bond donors (Lipinski definition) is 2. The highest BCUT2D eigenvalue weighted by Crippen LogP contribution is 2.40. The average Bonchev–Trinajstić information content (AvgIpc) is 2.82. The van der Waals surface area contributed by atoms with E-state index in [-0.39, 0.29) is 13.2 Å². The van der Waals surface area contributed by atoms with Crippen molar-refractivity contribution in [2.75, 3.05) is 13.2 Å². The molecule has 0 spiro atoms. The summed E-state index contributed by atoms with van der Waals surface area (Å²) in [6.45, 7) is 8.38. The standard InChI is InChI=1S/C29H28O2/c1-21(25-15-7-11-23-9-3-5-13-27(23)25)17-29(19-30,20-31)18-22(2)26-16-8-12-24-10-4-6-14-28(24)26/h3-16,30-31H,1-2,17-20H2. The Balaban J connectivity index is 1.64. The van der Waals surface area contributed by atoms with Crippen LogP contribution in [0.15, 0.2) is 98.1 Å². The van der Waals surface area contributed by atoms with Gasteiger partial charge in [-0.15, -0.1) is 0 Å². The van der Waals surface area contributed by atoms with Crippen LogP contribution >= 0.6 is 0 Å². The number of rotatable bonds is 8. The number of allylic oxidation sites excluding steroid dienone is 2. The second kappa shape index (κ2) is 8.89. The van der Waals surface area contributed by atoms with E-state index in [0.717, 1.165) is 43.8 Å². The first-order chi connectivity index (χ1) is 15.1. The van der Waals surface area contributed by atoms with Crippen molar-refractivity contribution in [2.45, 2.75) is 12.8 Å². The fourth-order valence-electron chi connectivity index (χ4n) is 4.50. The van der Waals surface area contributed by atoms with Crippen molar-refractivity contribution in [3.63, 3.8) is 0 Å². The molecule has 0 saturated heterocycles. The molecular weight excluding hydrogens is 380 g/mol. The monoisotopic (exact) mass is 408 g/mol. The largest absolute Gasteiger partial charge is 0.396 e. The lowest BCUT2D eigenvalue weighted by molar-refractivity contribution is 0.0631. The molecule has 0 aliphatic heterocycles. The normalized spacial score (nSPS) is 11.7. The summed E-state index contributed by atoms with van der Waals surface area (Å²) >= 11 is 0. The van der Waals surface area contributed by atoms with Gasteiger partial charge < -0.3 is 10.2 Å². The molecule has 0 aliphatic rings. The van der Waals surface area contributed by atoms with Gasteiger partial charge in [0.05, 0.1) is 13.2 Å². The van der Waals surface area contributed by atoms with E-state index in [1.54, 1.807) is 0 Å². The summed E-state index contributed by atoms with van der Waals surface area (Å²) in [6, 6.07) is 28.8. The van der Waals surface area contributed by atoms with E-state index in [1.165, 1.54) is 0 Å². The molecule has 0 aliphatic carbocycles. The third-order valence-electron chi connectivity index (χ3n) is 6.19. The van der Waals surface area contributed by atoms with Gasteiger partial charge in [-0.1, -0.05) is 98.1 Å². The molecule has 0 fully saturated rings. The van der Waals surface area contributed by atoms with Crippen molar-refractivity contribution in [3.8, 4) is 0 Å². The molecule has 4 aromatic rings. The predicted molar refractivity (Wildman–Crippen MR) is 132 cm³/mol. The minimum atomic E-state index is -0.734. The van der Waals surface area contributed by atoms with E-state index in [0.29, 0.717) is 12.8 Å². The molecule has 0 saturated carbocycles. The predicted octanol–water partition coefficient (Wildman–Crippen LogP) is 6.47. The summed E-state index contributed by atoms with van der Waals surface area (Å²) in [5.74, 6) is 0. The van der Waals surface area contributed by atoms with Crippen LogP contribution in [0.3, 0.4) is 0 Å². The van der Waals surface area contributed by atoms with E-state index in [4.69, 9.17) is 0 Å². The Bertz CT molecular complexity index is 1140. The van der Waals surface area contributed by atoms with Gasteiger partial charge in [0.1, 0.15) is 0 Å². The Kier molecular flexibility index (Phi) is 6.03. The van der Waals surface area contributed by atoms with Crippen molar-refractivity contribution < 1.29 is 10.2 Å². The van der Waals surface area contributed by atoms with E-state index >= 15 is 0 Å². The molecule has 2 heteroatoms. The third kappa shape index (κ3) is 4.18. The second-order valence-corrected chi connectivity index (χ2v) is 8.43. The van der Waals surface area contributed by atoms with Gasteiger partial charge in [0.25, 0.3) is 0 Å². The molecule has 31 heavy (non-hydrogen) atoms. The van der Waals surface area contributed by atoms with Gasteiger partial charge in [0.2, 0.25) is 0 Å². The summed E-state index contributed by atoms with van der Waals surface area (Å²) < 4.78 is 0. The zero-order chi connectivity index (χ0) is 21.8. The van der Waals surface area contributed by atoms with Crippen molar-refractivity contribution in [2.24, 2.45) is 5.41 Å². The van der Waals surface area contributed by atoms with Crippen LogP contribution in [0.5, 0.6) is 0 Å². The van der Waals surface area contributed by atoms with Gasteiger partial charge in [-0.3, -0.25) is 0 Å². The fourth-order valence-corrected chi connectivity index (χ4v) is 4.50. The van der Waals surface area contributed by atoms with E-state index in [1.807, 2.05) is 36.4 Å². The number of benzene rings is 4. The first-order valence-corrected chi connectivity index (χ1v) is 10.6. The Morgan fingerprint density at radius 3 is 1.39 bits per heavy atom. The molecule has 0 aromatic heterocycles. The van der Waals surface area contributed by atoms with E-state index in [2.05, 4.69) is 61.7 Å². The van der Waals surface area contributed by atoms with Crippen LogP contribution in [0.4, 0.5) is 0 Å². The SMILES string of the molecule is C=C(CC(CO)(CO)CC(=C)c1cccc2ccccc12)c1cccc2ccccc12. The molecule has 156 valence electrons. The van der Waals surface area contributed by atoms with E-state index < -0.39 is 5.41 Å². The lowest BCUT2D eigenvalue weighted by Gasteiger charge is -2.32. The smallest absolute Gasteiger partial charge is 0.0515 e. The summed E-state index contributed by atoms with van der Waals surface area (Å²) in [4.78, 5) is 0. The maximum atomic E-state index is 10.4. The van der Waals surface area contributed by atoms with Gasteiger partial charge in [-0.25, -0.2) is 0 Å². The van der Waals surface area contributed by atoms with Crippen molar-refractivity contribution >= 4 is 32.7 Å². The van der Waals surface area contributed by atoms with Crippen LogP contribution in [0.1, 0.15) is 24.0 Å². The Labute approximate surface area is 183 Å². The number of aliphatic hydroxyl groups is 2. The van der Waals surface area contributed by atoms with Gasteiger partial charge >= 0.3 is 0 Å². The highest BCUT2D eigenvalue weighted by atomic mass is 16.3. The molecule has 0 radical (unpaired) electrons. The number of fused-ring (bicyclic) bond motifs is 2. The maximum Gasteiger partial charge on any atom is 0.0515 e. The van der Waals surface area contributed by atoms with Gasteiger partial charge in [0, 0.05) is 5.41 Å². The first-order valence-electron chi connectivity index (χ1n) is 10.6. The van der Waals surface area contributed by atoms with Gasteiger partial charge in [-0.05, 0) is 56.7 Å². The zero-order valence-corrected chi connectivity index (χ0v) is 17.7. The molecule has 4 aromatic carbocycles. The van der Waals surface area contributed by atoms with Crippen LogP contribution in [0, 0.1) is 5.41 Å². The molecule has 2 nitrogen and oxygen atoms in total. The molecule has 0 bridgehead atoms. The molecule has 0 amide bonds. The molecule has 4 rings (SSSR count). The summed E-state index contributed by atoms with van der Waals surface area (Å²) in [6.07, 6.45) is 0.968. The van der Waals surface area contributed by atoms with Crippen molar-refractivity contribution in [1.29, 1.82) is 0 Å². The minimum Gasteiger partial charge on any atom is -0.396 e.